The number of rotatable bonds is 3. The summed E-state index contributed by atoms with van der Waals surface area (Å²) in [6.07, 6.45) is 1.91. The van der Waals surface area contributed by atoms with Gasteiger partial charge in [0, 0.05) is 23.7 Å². The number of carbonyl (C=O) groups excluding carboxylic acids is 1. The van der Waals surface area contributed by atoms with Crippen molar-refractivity contribution >= 4 is 23.4 Å². The van der Waals surface area contributed by atoms with E-state index in [0.29, 0.717) is 17.3 Å². The zero-order valence-corrected chi connectivity index (χ0v) is 12.1. The van der Waals surface area contributed by atoms with Gasteiger partial charge in [0.2, 0.25) is 0 Å². The summed E-state index contributed by atoms with van der Waals surface area (Å²) in [7, 11) is 0. The molecule has 4 nitrogen and oxygen atoms in total. The highest BCUT2D eigenvalue weighted by atomic mass is 35.5. The van der Waals surface area contributed by atoms with Gasteiger partial charge in [0.05, 0.1) is 5.02 Å². The van der Waals surface area contributed by atoms with E-state index in [2.05, 4.69) is 15.6 Å². The van der Waals surface area contributed by atoms with Crippen molar-refractivity contribution in [2.24, 2.45) is 0 Å². The zero-order chi connectivity index (χ0) is 15.7. The van der Waals surface area contributed by atoms with Crippen LogP contribution in [0.2, 0.25) is 5.02 Å². The summed E-state index contributed by atoms with van der Waals surface area (Å²) in [5.74, 6) is -1.18. The van der Waals surface area contributed by atoms with Crippen LogP contribution in [0, 0.1) is 11.6 Å². The van der Waals surface area contributed by atoms with E-state index in [4.69, 9.17) is 11.6 Å². The van der Waals surface area contributed by atoms with Crippen molar-refractivity contribution < 1.29 is 13.6 Å². The van der Waals surface area contributed by atoms with E-state index >= 15 is 0 Å². The summed E-state index contributed by atoms with van der Waals surface area (Å²) in [5.41, 5.74) is 0.0254. The molecule has 3 rings (SSSR count). The van der Waals surface area contributed by atoms with Crippen molar-refractivity contribution in [3.05, 3.63) is 58.7 Å². The first-order valence-electron chi connectivity index (χ1n) is 6.67. The van der Waals surface area contributed by atoms with E-state index in [9.17, 15) is 13.6 Å². The molecule has 2 atom stereocenters. The van der Waals surface area contributed by atoms with Crippen LogP contribution in [0.3, 0.4) is 0 Å². The molecule has 114 valence electrons. The van der Waals surface area contributed by atoms with Gasteiger partial charge in [0.15, 0.2) is 0 Å². The lowest BCUT2D eigenvalue weighted by molar-refractivity contribution is 0.251. The molecular weight excluding hydrogens is 312 g/mol. The molecule has 1 heterocycles. The number of aromatic nitrogens is 1. The average Bonchev–Trinajstić information content (AvgIpc) is 3.20. The molecule has 1 aromatic heterocycles. The Labute approximate surface area is 130 Å². The Bertz CT molecular complexity index is 688. The van der Waals surface area contributed by atoms with Crippen molar-refractivity contribution in [3.8, 4) is 0 Å². The third-order valence-electron chi connectivity index (χ3n) is 3.45. The summed E-state index contributed by atoms with van der Waals surface area (Å²) in [5, 5.41) is 5.66. The number of pyridine rings is 1. The number of nitrogens with zero attached hydrogens (tertiary/aromatic N) is 1. The molecule has 0 aliphatic heterocycles. The fraction of sp³-hybridized carbons (Fsp3) is 0.200. The van der Waals surface area contributed by atoms with Crippen molar-refractivity contribution in [2.45, 2.75) is 18.4 Å². The maximum absolute atomic E-state index is 13.6. The van der Waals surface area contributed by atoms with Gasteiger partial charge in [0.25, 0.3) is 0 Å². The van der Waals surface area contributed by atoms with Crippen LogP contribution in [0.15, 0.2) is 36.5 Å². The van der Waals surface area contributed by atoms with Gasteiger partial charge < -0.3 is 5.32 Å². The van der Waals surface area contributed by atoms with Crippen molar-refractivity contribution in [2.75, 3.05) is 5.32 Å². The fourth-order valence-electron chi connectivity index (χ4n) is 2.31. The maximum atomic E-state index is 13.6. The van der Waals surface area contributed by atoms with Crippen LogP contribution >= 0.6 is 11.6 Å². The molecule has 1 saturated carbocycles. The number of anilines is 1. The smallest absolute Gasteiger partial charge is 0.320 e. The largest absolute Gasteiger partial charge is 0.334 e. The highest BCUT2D eigenvalue weighted by Crippen LogP contribution is 2.43. The summed E-state index contributed by atoms with van der Waals surface area (Å²) >= 11 is 5.70. The Morgan fingerprint density at radius 3 is 2.59 bits per heavy atom. The van der Waals surface area contributed by atoms with E-state index in [0.717, 1.165) is 0 Å². The molecule has 1 fully saturated rings. The number of benzene rings is 1. The number of hydrogen-bond acceptors (Lipinski definition) is 2. The quantitative estimate of drug-likeness (QED) is 0.905. The van der Waals surface area contributed by atoms with Gasteiger partial charge in [-0.25, -0.2) is 18.6 Å². The van der Waals surface area contributed by atoms with Gasteiger partial charge >= 0.3 is 6.03 Å². The fourth-order valence-corrected chi connectivity index (χ4v) is 2.42. The molecule has 0 bridgehead atoms. The average molecular weight is 324 g/mol. The second kappa shape index (κ2) is 5.88. The lowest BCUT2D eigenvalue weighted by atomic mass is 10.1. The van der Waals surface area contributed by atoms with Crippen molar-refractivity contribution in [3.63, 3.8) is 0 Å². The Kier molecular flexibility index (Phi) is 3.94. The van der Waals surface area contributed by atoms with E-state index < -0.39 is 17.7 Å². The van der Waals surface area contributed by atoms with Crippen molar-refractivity contribution in [1.82, 2.24) is 10.3 Å². The SMILES string of the molecule is O=C(Nc1ccc(Cl)cn1)N[C@@H]1C[C@@H]1c1c(F)cccc1F. The Morgan fingerprint density at radius 2 is 1.95 bits per heavy atom. The first-order valence-corrected chi connectivity index (χ1v) is 7.05. The summed E-state index contributed by atoms with van der Waals surface area (Å²) in [6.45, 7) is 0. The van der Waals surface area contributed by atoms with Crippen LogP contribution in [0.4, 0.5) is 19.4 Å². The van der Waals surface area contributed by atoms with Crippen LogP contribution in [0.5, 0.6) is 0 Å². The van der Waals surface area contributed by atoms with E-state index in [1.165, 1.54) is 24.4 Å². The molecule has 1 aliphatic rings. The number of halogens is 3. The van der Waals surface area contributed by atoms with E-state index in [-0.39, 0.29) is 17.5 Å². The van der Waals surface area contributed by atoms with Gasteiger partial charge in [-0.2, -0.15) is 0 Å². The minimum Gasteiger partial charge on any atom is -0.334 e. The molecule has 0 spiro atoms. The Balaban J connectivity index is 1.59. The monoisotopic (exact) mass is 323 g/mol. The molecule has 0 radical (unpaired) electrons. The normalized spacial score (nSPS) is 19.6. The number of carbonyl (C=O) groups is 1. The van der Waals surface area contributed by atoms with Crippen LogP contribution < -0.4 is 10.6 Å². The third kappa shape index (κ3) is 3.17. The maximum Gasteiger partial charge on any atom is 0.320 e. The highest BCUT2D eigenvalue weighted by molar-refractivity contribution is 6.30. The molecule has 2 amide bonds. The second-order valence-corrected chi connectivity index (χ2v) is 5.48. The van der Waals surface area contributed by atoms with Gasteiger partial charge in [0.1, 0.15) is 17.5 Å². The summed E-state index contributed by atoms with van der Waals surface area (Å²) in [6, 6.07) is 6.13. The molecule has 2 N–H and O–H groups in total. The number of urea groups is 1. The van der Waals surface area contributed by atoms with Gasteiger partial charge in [-0.05, 0) is 30.7 Å². The molecule has 1 aromatic carbocycles. The Morgan fingerprint density at radius 1 is 1.23 bits per heavy atom. The third-order valence-corrected chi connectivity index (χ3v) is 3.67. The highest BCUT2D eigenvalue weighted by Gasteiger charge is 2.42. The number of nitrogens with one attached hydrogen (secondary N) is 2. The predicted molar refractivity (Wildman–Crippen MR) is 78.9 cm³/mol. The summed E-state index contributed by atoms with van der Waals surface area (Å²) < 4.78 is 27.3. The van der Waals surface area contributed by atoms with Crippen molar-refractivity contribution in [1.29, 1.82) is 0 Å². The topological polar surface area (TPSA) is 54.0 Å². The predicted octanol–water partition coefficient (Wildman–Crippen LogP) is 3.69. The molecule has 22 heavy (non-hydrogen) atoms. The van der Waals surface area contributed by atoms with E-state index in [1.54, 1.807) is 12.1 Å². The van der Waals surface area contributed by atoms with Gasteiger partial charge in [-0.3, -0.25) is 5.32 Å². The lowest BCUT2D eigenvalue weighted by Crippen LogP contribution is -2.31. The summed E-state index contributed by atoms with van der Waals surface area (Å²) in [4.78, 5) is 15.7. The minimum absolute atomic E-state index is 0.0254. The number of amides is 2. The van der Waals surface area contributed by atoms with Gasteiger partial charge in [-0.1, -0.05) is 17.7 Å². The molecule has 0 saturated heterocycles. The number of hydrogen-bond donors (Lipinski definition) is 2. The van der Waals surface area contributed by atoms with Gasteiger partial charge in [-0.15, -0.1) is 0 Å². The molecule has 7 heteroatoms. The van der Waals surface area contributed by atoms with E-state index in [1.807, 2.05) is 0 Å². The lowest BCUT2D eigenvalue weighted by Gasteiger charge is -2.08. The minimum atomic E-state index is -0.589. The zero-order valence-electron chi connectivity index (χ0n) is 11.3. The molecule has 2 aromatic rings. The van der Waals surface area contributed by atoms with Crippen LogP contribution in [-0.4, -0.2) is 17.1 Å². The Hall–Kier alpha value is -2.21. The molecular formula is C15H12ClF2N3O. The second-order valence-electron chi connectivity index (χ2n) is 5.04. The first-order chi connectivity index (χ1) is 10.5. The van der Waals surface area contributed by atoms with Crippen LogP contribution in [-0.2, 0) is 0 Å². The first kappa shape index (κ1) is 14.7. The van der Waals surface area contributed by atoms with Crippen LogP contribution in [0.1, 0.15) is 17.9 Å². The molecule has 1 aliphatic carbocycles. The van der Waals surface area contributed by atoms with Crippen LogP contribution in [0.25, 0.3) is 0 Å². The standard InChI is InChI=1S/C15H12ClF2N3O/c16-8-4-5-13(19-7-8)21-15(22)20-12-6-9(12)14-10(17)2-1-3-11(14)18/h1-5,7,9,12H,6H2,(H2,19,20,21,22)/t9-,12+/m0/s1. The molecule has 0 unspecified atom stereocenters.